The molecular weight excluding hydrogens is 230 g/mol. The zero-order chi connectivity index (χ0) is 13.1. The molecule has 0 bridgehead atoms. The first-order valence-corrected chi connectivity index (χ1v) is 5.75. The highest BCUT2D eigenvalue weighted by Crippen LogP contribution is 2.12. The van der Waals surface area contributed by atoms with Gasteiger partial charge < -0.3 is 5.32 Å². The fraction of sp³-hybridized carbons (Fsp3) is 0.333. The first-order chi connectivity index (χ1) is 8.60. The highest BCUT2D eigenvalue weighted by atomic mass is 16.1. The highest BCUT2D eigenvalue weighted by Gasteiger charge is 2.07. The largest absolute Gasteiger partial charge is 0.311 e. The summed E-state index contributed by atoms with van der Waals surface area (Å²) in [5.74, 6) is 1.05. The number of aryl methyl sites for hydroxylation is 2. The van der Waals surface area contributed by atoms with Crippen LogP contribution in [0.4, 0.5) is 5.82 Å². The summed E-state index contributed by atoms with van der Waals surface area (Å²) in [5, 5.41) is 7.03. The van der Waals surface area contributed by atoms with Gasteiger partial charge in [-0.1, -0.05) is 6.92 Å². The number of hydrogen-bond acceptors (Lipinski definition) is 4. The van der Waals surface area contributed by atoms with Crippen molar-refractivity contribution in [3.8, 4) is 5.82 Å². The molecule has 18 heavy (non-hydrogen) atoms. The molecule has 6 nitrogen and oxygen atoms in total. The second-order valence-electron chi connectivity index (χ2n) is 4.00. The number of rotatable bonds is 3. The summed E-state index contributed by atoms with van der Waals surface area (Å²) in [4.78, 5) is 19.5. The normalized spacial score (nSPS) is 10.4. The van der Waals surface area contributed by atoms with Crippen molar-refractivity contribution in [2.45, 2.75) is 27.2 Å². The van der Waals surface area contributed by atoms with Gasteiger partial charge in [0.2, 0.25) is 5.91 Å². The second-order valence-corrected chi connectivity index (χ2v) is 4.00. The van der Waals surface area contributed by atoms with Crippen LogP contribution >= 0.6 is 0 Å². The topological polar surface area (TPSA) is 72.7 Å². The quantitative estimate of drug-likeness (QED) is 0.892. The second kappa shape index (κ2) is 4.95. The van der Waals surface area contributed by atoms with E-state index in [4.69, 9.17) is 0 Å². The molecule has 0 unspecified atom stereocenters. The minimum absolute atomic E-state index is 0.0759. The molecule has 0 aliphatic heterocycles. The molecular formula is C12H15N5O. The van der Waals surface area contributed by atoms with E-state index in [2.05, 4.69) is 20.4 Å². The van der Waals surface area contributed by atoms with Gasteiger partial charge in [0.25, 0.3) is 0 Å². The van der Waals surface area contributed by atoms with E-state index >= 15 is 0 Å². The van der Waals surface area contributed by atoms with Crippen molar-refractivity contribution in [2.75, 3.05) is 5.32 Å². The van der Waals surface area contributed by atoms with Gasteiger partial charge in [0.1, 0.15) is 12.1 Å². The monoisotopic (exact) mass is 245 g/mol. The summed E-state index contributed by atoms with van der Waals surface area (Å²) in [6.07, 6.45) is 1.83. The van der Waals surface area contributed by atoms with E-state index in [0.29, 0.717) is 18.1 Å². The van der Waals surface area contributed by atoms with Gasteiger partial charge in [0.15, 0.2) is 5.82 Å². The fourth-order valence-electron chi connectivity index (χ4n) is 1.62. The van der Waals surface area contributed by atoms with Crippen molar-refractivity contribution in [2.24, 2.45) is 0 Å². The SMILES string of the molecule is CCC(=O)Nc1cc(-n2nc(C)cc2C)ncn1. The standard InChI is InChI=1S/C12H15N5O/c1-4-12(18)15-10-6-11(14-7-13-10)17-9(3)5-8(2)16-17/h5-7H,4H2,1-3H3,(H,13,14,15,18). The number of hydrogen-bond donors (Lipinski definition) is 1. The Morgan fingerprint density at radius 3 is 2.72 bits per heavy atom. The molecule has 0 spiro atoms. The van der Waals surface area contributed by atoms with Crippen LogP contribution in [0.1, 0.15) is 24.7 Å². The Labute approximate surface area is 105 Å². The lowest BCUT2D eigenvalue weighted by atomic mass is 10.4. The minimum Gasteiger partial charge on any atom is -0.311 e. The van der Waals surface area contributed by atoms with Crippen molar-refractivity contribution >= 4 is 11.7 Å². The molecule has 0 atom stereocenters. The Balaban J connectivity index is 2.32. The zero-order valence-corrected chi connectivity index (χ0v) is 10.6. The summed E-state index contributed by atoms with van der Waals surface area (Å²) < 4.78 is 1.72. The molecule has 6 heteroatoms. The number of amides is 1. The van der Waals surface area contributed by atoms with Crippen LogP contribution in [0, 0.1) is 13.8 Å². The van der Waals surface area contributed by atoms with Crippen LogP contribution in [0.2, 0.25) is 0 Å². The van der Waals surface area contributed by atoms with E-state index in [-0.39, 0.29) is 5.91 Å². The van der Waals surface area contributed by atoms with Crippen molar-refractivity contribution in [1.29, 1.82) is 0 Å². The molecule has 2 aromatic heterocycles. The van der Waals surface area contributed by atoms with Gasteiger partial charge in [-0.15, -0.1) is 0 Å². The fourth-order valence-corrected chi connectivity index (χ4v) is 1.62. The average Bonchev–Trinajstić information content (AvgIpc) is 2.68. The Bertz CT molecular complexity index is 576. The number of nitrogens with one attached hydrogen (secondary N) is 1. The molecule has 1 amide bonds. The van der Waals surface area contributed by atoms with Crippen LogP contribution in [-0.4, -0.2) is 25.7 Å². The molecule has 0 aliphatic rings. The van der Waals surface area contributed by atoms with Crippen molar-refractivity contribution < 1.29 is 4.79 Å². The van der Waals surface area contributed by atoms with Crippen LogP contribution in [0.15, 0.2) is 18.5 Å². The number of nitrogens with zero attached hydrogens (tertiary/aromatic N) is 4. The van der Waals surface area contributed by atoms with E-state index < -0.39 is 0 Å². The molecule has 94 valence electrons. The van der Waals surface area contributed by atoms with Gasteiger partial charge in [-0.25, -0.2) is 14.6 Å². The summed E-state index contributed by atoms with van der Waals surface area (Å²) in [6, 6.07) is 3.67. The summed E-state index contributed by atoms with van der Waals surface area (Å²) in [7, 11) is 0. The molecule has 1 N–H and O–H groups in total. The molecule has 0 fully saturated rings. The molecule has 0 saturated carbocycles. The maximum Gasteiger partial charge on any atom is 0.225 e. The Morgan fingerprint density at radius 2 is 2.11 bits per heavy atom. The maximum absolute atomic E-state index is 11.3. The molecule has 0 saturated heterocycles. The molecule has 0 radical (unpaired) electrons. The lowest BCUT2D eigenvalue weighted by Crippen LogP contribution is -2.12. The van der Waals surface area contributed by atoms with Gasteiger partial charge in [-0.2, -0.15) is 5.10 Å². The Morgan fingerprint density at radius 1 is 1.33 bits per heavy atom. The number of aromatic nitrogens is 4. The van der Waals surface area contributed by atoms with Crippen molar-refractivity contribution in [1.82, 2.24) is 19.7 Å². The highest BCUT2D eigenvalue weighted by molar-refractivity contribution is 5.89. The molecule has 2 aromatic rings. The molecule has 2 heterocycles. The molecule has 2 rings (SSSR count). The lowest BCUT2D eigenvalue weighted by Gasteiger charge is -2.06. The minimum atomic E-state index is -0.0759. The van der Waals surface area contributed by atoms with E-state index in [1.165, 1.54) is 6.33 Å². The van der Waals surface area contributed by atoms with Crippen molar-refractivity contribution in [3.63, 3.8) is 0 Å². The van der Waals surface area contributed by atoms with Crippen LogP contribution in [0.25, 0.3) is 5.82 Å². The first kappa shape index (κ1) is 12.2. The van der Waals surface area contributed by atoms with Gasteiger partial charge in [-0.3, -0.25) is 4.79 Å². The third kappa shape index (κ3) is 2.53. The van der Waals surface area contributed by atoms with Crippen LogP contribution in [-0.2, 0) is 4.79 Å². The molecule has 0 aromatic carbocycles. The van der Waals surface area contributed by atoms with Crippen molar-refractivity contribution in [3.05, 3.63) is 29.8 Å². The average molecular weight is 245 g/mol. The third-order valence-electron chi connectivity index (χ3n) is 2.47. The zero-order valence-electron chi connectivity index (χ0n) is 10.6. The van der Waals surface area contributed by atoms with Crippen LogP contribution in [0.3, 0.4) is 0 Å². The maximum atomic E-state index is 11.3. The summed E-state index contributed by atoms with van der Waals surface area (Å²) in [6.45, 7) is 5.66. The molecule has 0 aliphatic carbocycles. The van der Waals surface area contributed by atoms with E-state index in [0.717, 1.165) is 11.4 Å². The Hall–Kier alpha value is -2.24. The van der Waals surface area contributed by atoms with Crippen LogP contribution in [0.5, 0.6) is 0 Å². The number of anilines is 1. The van der Waals surface area contributed by atoms with E-state index in [9.17, 15) is 4.79 Å². The van der Waals surface area contributed by atoms with Gasteiger partial charge in [0.05, 0.1) is 5.69 Å². The predicted octanol–water partition coefficient (Wildman–Crippen LogP) is 1.63. The number of carbonyl (C=O) groups excluding carboxylic acids is 1. The van der Waals surface area contributed by atoms with E-state index in [1.807, 2.05) is 19.9 Å². The summed E-state index contributed by atoms with van der Waals surface area (Å²) >= 11 is 0. The van der Waals surface area contributed by atoms with E-state index in [1.54, 1.807) is 17.7 Å². The van der Waals surface area contributed by atoms with Gasteiger partial charge >= 0.3 is 0 Å². The van der Waals surface area contributed by atoms with Gasteiger partial charge in [0, 0.05) is 18.2 Å². The Kier molecular flexibility index (Phi) is 3.36. The van der Waals surface area contributed by atoms with Gasteiger partial charge in [-0.05, 0) is 19.9 Å². The lowest BCUT2D eigenvalue weighted by molar-refractivity contribution is -0.115. The smallest absolute Gasteiger partial charge is 0.225 e. The summed E-state index contributed by atoms with van der Waals surface area (Å²) in [5.41, 5.74) is 1.91. The number of carbonyl (C=O) groups is 1. The predicted molar refractivity (Wildman–Crippen MR) is 67.5 cm³/mol. The first-order valence-electron chi connectivity index (χ1n) is 5.75. The van der Waals surface area contributed by atoms with Crippen LogP contribution < -0.4 is 5.32 Å². The third-order valence-corrected chi connectivity index (χ3v) is 2.47.